The molecule has 1 aliphatic heterocycles. The molecule has 0 saturated heterocycles. The number of carboxylic acids is 1. The summed E-state index contributed by atoms with van der Waals surface area (Å²) < 4.78 is 4.76. The van der Waals surface area contributed by atoms with Gasteiger partial charge >= 0.3 is 11.9 Å². The molecule has 66 valence electrons. The van der Waals surface area contributed by atoms with Crippen LogP contribution in [0.2, 0.25) is 0 Å². The predicted octanol–water partition coefficient (Wildman–Crippen LogP) is 0.774. The molecule has 0 aliphatic carbocycles. The number of ether oxygens (including phenoxy) is 1. The van der Waals surface area contributed by atoms with Gasteiger partial charge in [0.05, 0.1) is 0 Å². The molecule has 4 heteroatoms. The van der Waals surface area contributed by atoms with E-state index in [4.69, 9.17) is 9.84 Å². The van der Waals surface area contributed by atoms with E-state index in [0.717, 1.165) is 0 Å². The molecular weight excluding hydrogens is 172 g/mol. The van der Waals surface area contributed by atoms with Gasteiger partial charge in [0.2, 0.25) is 0 Å². The summed E-state index contributed by atoms with van der Waals surface area (Å²) in [5.74, 6) is -2.69. The van der Waals surface area contributed by atoms with Crippen LogP contribution in [0.1, 0.15) is 11.5 Å². The van der Waals surface area contributed by atoms with Crippen molar-refractivity contribution in [1.29, 1.82) is 0 Å². The quantitative estimate of drug-likeness (QED) is 0.392. The molecule has 0 fully saturated rings. The van der Waals surface area contributed by atoms with Crippen molar-refractivity contribution in [3.8, 4) is 5.75 Å². The smallest absolute Gasteiger partial charge is 0.330 e. The maximum atomic E-state index is 11.1. The average Bonchev–Trinajstić information content (AvgIpc) is 2.39. The number of esters is 1. The first kappa shape index (κ1) is 7.79. The lowest BCUT2D eigenvalue weighted by Gasteiger charge is -1.98. The van der Waals surface area contributed by atoms with E-state index in [9.17, 15) is 9.59 Å². The van der Waals surface area contributed by atoms with Crippen LogP contribution in [0.25, 0.3) is 0 Å². The van der Waals surface area contributed by atoms with Crippen LogP contribution in [0.4, 0.5) is 0 Å². The number of hydrogen-bond acceptors (Lipinski definition) is 3. The Kier molecular flexibility index (Phi) is 1.55. The summed E-state index contributed by atoms with van der Waals surface area (Å²) in [6, 6.07) is 6.53. The van der Waals surface area contributed by atoms with Gasteiger partial charge in [-0.05, 0) is 6.07 Å². The second-order valence-electron chi connectivity index (χ2n) is 2.73. The zero-order valence-corrected chi connectivity index (χ0v) is 6.56. The fourth-order valence-corrected chi connectivity index (χ4v) is 1.34. The second-order valence-corrected chi connectivity index (χ2v) is 2.73. The molecule has 1 aromatic rings. The van der Waals surface area contributed by atoms with E-state index in [1.54, 1.807) is 24.3 Å². The summed E-state index contributed by atoms with van der Waals surface area (Å²) in [7, 11) is 0. The molecule has 1 atom stereocenters. The number of rotatable bonds is 1. The predicted molar refractivity (Wildman–Crippen MR) is 42.5 cm³/mol. The summed E-state index contributed by atoms with van der Waals surface area (Å²) in [5, 5.41) is 8.73. The molecule has 4 nitrogen and oxygen atoms in total. The minimum atomic E-state index is -1.17. The first-order chi connectivity index (χ1) is 6.20. The highest BCUT2D eigenvalue weighted by atomic mass is 16.5. The molecule has 0 saturated carbocycles. The van der Waals surface area contributed by atoms with Gasteiger partial charge in [-0.15, -0.1) is 0 Å². The maximum absolute atomic E-state index is 11.1. The molecule has 0 bridgehead atoms. The number of carboxylic acid groups (broad SMARTS) is 1. The summed E-state index contributed by atoms with van der Waals surface area (Å²) in [6.45, 7) is 0. The summed E-state index contributed by atoms with van der Waals surface area (Å²) in [5.41, 5.74) is 0.431. The molecule has 13 heavy (non-hydrogen) atoms. The molecule has 0 amide bonds. The third-order valence-corrected chi connectivity index (χ3v) is 1.92. The van der Waals surface area contributed by atoms with Crippen molar-refractivity contribution in [1.82, 2.24) is 0 Å². The zero-order valence-electron chi connectivity index (χ0n) is 6.56. The molecule has 1 heterocycles. The van der Waals surface area contributed by atoms with Gasteiger partial charge in [0.15, 0.2) is 5.92 Å². The SMILES string of the molecule is O=C(O)C1C(=O)Oc2ccccc21. The molecule has 1 aromatic carbocycles. The Hall–Kier alpha value is -1.84. The Morgan fingerprint density at radius 1 is 1.38 bits per heavy atom. The maximum Gasteiger partial charge on any atom is 0.330 e. The normalized spacial score (nSPS) is 19.4. The van der Waals surface area contributed by atoms with Gasteiger partial charge in [-0.1, -0.05) is 18.2 Å². The van der Waals surface area contributed by atoms with Crippen molar-refractivity contribution in [3.63, 3.8) is 0 Å². The monoisotopic (exact) mass is 178 g/mol. The van der Waals surface area contributed by atoms with Gasteiger partial charge in [-0.3, -0.25) is 9.59 Å². The molecule has 1 unspecified atom stereocenters. The largest absolute Gasteiger partial charge is 0.480 e. The number of para-hydroxylation sites is 1. The van der Waals surface area contributed by atoms with Crippen LogP contribution in [-0.2, 0) is 9.59 Å². The van der Waals surface area contributed by atoms with E-state index >= 15 is 0 Å². The van der Waals surface area contributed by atoms with Crippen LogP contribution >= 0.6 is 0 Å². The molecule has 2 rings (SSSR count). The molecule has 0 spiro atoms. The van der Waals surface area contributed by atoms with E-state index in [0.29, 0.717) is 11.3 Å². The van der Waals surface area contributed by atoms with Crippen molar-refractivity contribution in [2.75, 3.05) is 0 Å². The van der Waals surface area contributed by atoms with Crippen LogP contribution in [0.15, 0.2) is 24.3 Å². The van der Waals surface area contributed by atoms with Gasteiger partial charge < -0.3 is 9.84 Å². The molecule has 0 aromatic heterocycles. The van der Waals surface area contributed by atoms with Gasteiger partial charge in [0, 0.05) is 5.56 Å². The molecule has 0 radical (unpaired) electrons. The van der Waals surface area contributed by atoms with Gasteiger partial charge in [0.25, 0.3) is 0 Å². The lowest BCUT2D eigenvalue weighted by Crippen LogP contribution is -2.18. The first-order valence-corrected chi connectivity index (χ1v) is 3.73. The summed E-state index contributed by atoms with van der Waals surface area (Å²) >= 11 is 0. The van der Waals surface area contributed by atoms with E-state index in [-0.39, 0.29) is 0 Å². The topological polar surface area (TPSA) is 63.6 Å². The average molecular weight is 178 g/mol. The van der Waals surface area contributed by atoms with E-state index in [1.165, 1.54) is 0 Å². The van der Waals surface area contributed by atoms with Gasteiger partial charge in [-0.2, -0.15) is 0 Å². The zero-order chi connectivity index (χ0) is 9.42. The Morgan fingerprint density at radius 2 is 2.08 bits per heavy atom. The number of aliphatic carboxylic acids is 1. The third kappa shape index (κ3) is 1.07. The number of carbonyl (C=O) groups is 2. The highest BCUT2D eigenvalue weighted by Crippen LogP contribution is 2.34. The van der Waals surface area contributed by atoms with Crippen LogP contribution in [-0.4, -0.2) is 17.0 Å². The number of fused-ring (bicyclic) bond motifs is 1. The van der Waals surface area contributed by atoms with Crippen molar-refractivity contribution < 1.29 is 19.4 Å². The Morgan fingerprint density at radius 3 is 2.77 bits per heavy atom. The number of hydrogen-bond donors (Lipinski definition) is 1. The summed E-state index contributed by atoms with van der Waals surface area (Å²) in [6.07, 6.45) is 0. The standard InChI is InChI=1S/C9H6O4/c10-8(11)7-5-3-1-2-4-6(5)13-9(7)12/h1-4,7H,(H,10,11). The lowest BCUT2D eigenvalue weighted by atomic mass is 10.0. The lowest BCUT2D eigenvalue weighted by molar-refractivity contribution is -0.146. The highest BCUT2D eigenvalue weighted by Gasteiger charge is 2.38. The van der Waals surface area contributed by atoms with Gasteiger partial charge in [0.1, 0.15) is 5.75 Å². The van der Waals surface area contributed by atoms with E-state index in [2.05, 4.69) is 0 Å². The van der Waals surface area contributed by atoms with Crippen LogP contribution < -0.4 is 4.74 Å². The molecule has 1 N–H and O–H groups in total. The van der Waals surface area contributed by atoms with Crippen LogP contribution in [0.5, 0.6) is 5.75 Å². The van der Waals surface area contributed by atoms with Crippen molar-refractivity contribution >= 4 is 11.9 Å². The minimum absolute atomic E-state index is 0.347. The Labute approximate surface area is 73.8 Å². The first-order valence-electron chi connectivity index (χ1n) is 3.73. The fourth-order valence-electron chi connectivity index (χ4n) is 1.34. The Bertz CT molecular complexity index is 383. The van der Waals surface area contributed by atoms with E-state index in [1.807, 2.05) is 0 Å². The second kappa shape index (κ2) is 2.58. The van der Waals surface area contributed by atoms with Crippen molar-refractivity contribution in [3.05, 3.63) is 29.8 Å². The number of carbonyl (C=O) groups excluding carboxylic acids is 1. The molecule has 1 aliphatic rings. The molecular formula is C9H6O4. The van der Waals surface area contributed by atoms with Crippen LogP contribution in [0, 0.1) is 0 Å². The fraction of sp³-hybridized carbons (Fsp3) is 0.111. The number of benzene rings is 1. The third-order valence-electron chi connectivity index (χ3n) is 1.92. The minimum Gasteiger partial charge on any atom is -0.480 e. The van der Waals surface area contributed by atoms with E-state index < -0.39 is 17.9 Å². The highest BCUT2D eigenvalue weighted by molar-refractivity contribution is 6.04. The summed E-state index contributed by atoms with van der Waals surface area (Å²) in [4.78, 5) is 21.7. The van der Waals surface area contributed by atoms with Gasteiger partial charge in [-0.25, -0.2) is 0 Å². The van der Waals surface area contributed by atoms with Crippen LogP contribution in [0.3, 0.4) is 0 Å². The van der Waals surface area contributed by atoms with Crippen molar-refractivity contribution in [2.24, 2.45) is 0 Å². The Balaban J connectivity index is 2.52. The van der Waals surface area contributed by atoms with Crippen molar-refractivity contribution in [2.45, 2.75) is 5.92 Å².